The number of carboxylic acid groups (broad SMARTS) is 3. The van der Waals surface area contributed by atoms with Gasteiger partial charge in [-0.05, 0) is 6.42 Å². The molecule has 0 aromatic carbocycles. The van der Waals surface area contributed by atoms with Crippen LogP contribution in [0, 0.1) is 0 Å². The Bertz CT molecular complexity index is 757. The molecule has 0 fully saturated rings. The highest BCUT2D eigenvalue weighted by molar-refractivity contribution is 5.96. The zero-order valence-electron chi connectivity index (χ0n) is 16.6. The topological polar surface area (TPSA) is 289 Å². The first-order chi connectivity index (χ1) is 14.8. The Morgan fingerprint density at radius 1 is 0.719 bits per heavy atom. The van der Waals surface area contributed by atoms with E-state index in [2.05, 4.69) is 0 Å². The van der Waals surface area contributed by atoms with E-state index in [4.69, 9.17) is 26.8 Å². The molecule has 32 heavy (non-hydrogen) atoms. The zero-order chi connectivity index (χ0) is 25.0. The van der Waals surface area contributed by atoms with Crippen LogP contribution in [0.5, 0.6) is 0 Å². The number of aliphatic hydroxyl groups is 1. The maximum atomic E-state index is 12.3. The molecule has 0 saturated heterocycles. The van der Waals surface area contributed by atoms with E-state index in [-0.39, 0.29) is 12.8 Å². The summed E-state index contributed by atoms with van der Waals surface area (Å²) in [5, 5.41) is 41.7. The van der Waals surface area contributed by atoms with Gasteiger partial charge in [-0.15, -0.1) is 0 Å². The third-order valence-electron chi connectivity index (χ3n) is 3.86. The van der Waals surface area contributed by atoms with Crippen LogP contribution >= 0.6 is 0 Å². The van der Waals surface area contributed by atoms with E-state index in [1.54, 1.807) is 5.32 Å². The Morgan fingerprint density at radius 3 is 1.59 bits per heavy atom. The quantitative estimate of drug-likeness (QED) is 0.110. The molecule has 0 spiro atoms. The molecule has 4 atom stereocenters. The largest absolute Gasteiger partial charge is 0.481 e. The number of carboxylic acids is 3. The van der Waals surface area contributed by atoms with E-state index < -0.39 is 85.2 Å². The third-order valence-corrected chi connectivity index (χ3v) is 3.86. The fourth-order valence-corrected chi connectivity index (χ4v) is 2.20. The summed E-state index contributed by atoms with van der Waals surface area (Å²) in [5.74, 6) is -9.07. The van der Waals surface area contributed by atoms with Crippen LogP contribution in [0.4, 0.5) is 0 Å². The first-order valence-corrected chi connectivity index (χ1v) is 9.00. The molecule has 4 amide bonds. The molecule has 0 aromatic rings. The average molecular weight is 463 g/mol. The minimum Gasteiger partial charge on any atom is -0.481 e. The summed E-state index contributed by atoms with van der Waals surface area (Å²) in [5.41, 5.74) is 10.5. The Kier molecular flexibility index (Phi) is 11.9. The maximum absolute atomic E-state index is 12.3. The van der Waals surface area contributed by atoms with Gasteiger partial charge in [0.25, 0.3) is 0 Å². The Morgan fingerprint density at radius 2 is 1.16 bits per heavy atom. The van der Waals surface area contributed by atoms with Gasteiger partial charge in [0.15, 0.2) is 0 Å². The fraction of sp³-hybridized carbons (Fsp3) is 0.562. The van der Waals surface area contributed by atoms with Gasteiger partial charge < -0.3 is 47.8 Å². The lowest BCUT2D eigenvalue weighted by molar-refractivity contribution is -0.148. The summed E-state index contributed by atoms with van der Waals surface area (Å²) in [6.07, 6.45) is -2.44. The Hall–Kier alpha value is -3.79. The molecule has 180 valence electrons. The zero-order valence-corrected chi connectivity index (χ0v) is 16.6. The number of hydrogen-bond acceptors (Lipinski definition) is 9. The lowest BCUT2D eigenvalue weighted by atomic mass is 10.1. The van der Waals surface area contributed by atoms with E-state index in [1.165, 1.54) is 0 Å². The van der Waals surface area contributed by atoms with E-state index in [9.17, 15) is 38.7 Å². The molecule has 0 bridgehead atoms. The molecule has 11 N–H and O–H groups in total. The number of primary amides is 1. The molecule has 0 aliphatic rings. The molecular formula is C16H25N5O11. The molecule has 16 heteroatoms. The molecule has 0 rings (SSSR count). The van der Waals surface area contributed by atoms with E-state index in [1.807, 2.05) is 10.6 Å². The Balaban J connectivity index is 5.27. The van der Waals surface area contributed by atoms with Crippen molar-refractivity contribution < 1.29 is 54.0 Å². The van der Waals surface area contributed by atoms with Gasteiger partial charge in [0.2, 0.25) is 23.6 Å². The van der Waals surface area contributed by atoms with E-state index in [0.717, 1.165) is 0 Å². The van der Waals surface area contributed by atoms with Crippen molar-refractivity contribution >= 4 is 41.5 Å². The molecule has 0 radical (unpaired) electrons. The fourth-order valence-electron chi connectivity index (χ4n) is 2.20. The van der Waals surface area contributed by atoms with Crippen molar-refractivity contribution in [3.8, 4) is 0 Å². The van der Waals surface area contributed by atoms with Gasteiger partial charge in [-0.3, -0.25) is 28.8 Å². The number of nitrogens with one attached hydrogen (secondary N) is 3. The van der Waals surface area contributed by atoms with E-state index in [0.29, 0.717) is 0 Å². The van der Waals surface area contributed by atoms with Crippen LogP contribution in [0.15, 0.2) is 0 Å². The third kappa shape index (κ3) is 10.8. The molecule has 0 heterocycles. The first-order valence-electron chi connectivity index (χ1n) is 9.00. The minimum atomic E-state index is -1.91. The van der Waals surface area contributed by atoms with Crippen LogP contribution < -0.4 is 27.4 Å². The number of hydrogen-bond donors (Lipinski definition) is 9. The molecule has 16 nitrogen and oxygen atoms in total. The smallest absolute Gasteiger partial charge is 0.326 e. The van der Waals surface area contributed by atoms with Crippen molar-refractivity contribution in [1.82, 2.24) is 16.0 Å². The average Bonchev–Trinajstić information content (AvgIpc) is 2.67. The van der Waals surface area contributed by atoms with Crippen molar-refractivity contribution in [2.24, 2.45) is 11.5 Å². The summed E-state index contributed by atoms with van der Waals surface area (Å²) < 4.78 is 0. The lowest BCUT2D eigenvalue weighted by Crippen LogP contribution is -2.58. The predicted molar refractivity (Wildman–Crippen MR) is 101 cm³/mol. The number of nitrogens with two attached hydrogens (primary N) is 2. The molecule has 0 aromatic heterocycles. The van der Waals surface area contributed by atoms with Crippen molar-refractivity contribution in [2.75, 3.05) is 6.61 Å². The number of amides is 4. The minimum absolute atomic E-state index is 0.162. The first kappa shape index (κ1) is 28.2. The second kappa shape index (κ2) is 13.5. The molecule has 0 aliphatic heterocycles. The lowest BCUT2D eigenvalue weighted by Gasteiger charge is -2.23. The van der Waals surface area contributed by atoms with Gasteiger partial charge >= 0.3 is 17.9 Å². The number of carbonyl (C=O) groups excluding carboxylic acids is 4. The van der Waals surface area contributed by atoms with Gasteiger partial charge in [0.05, 0.1) is 25.5 Å². The van der Waals surface area contributed by atoms with Gasteiger partial charge in [0.1, 0.15) is 18.1 Å². The highest BCUT2D eigenvalue weighted by Gasteiger charge is 2.32. The Labute approximate surface area is 180 Å². The van der Waals surface area contributed by atoms with Gasteiger partial charge in [-0.1, -0.05) is 0 Å². The van der Waals surface area contributed by atoms with E-state index >= 15 is 0 Å². The van der Waals surface area contributed by atoms with Crippen LogP contribution in [-0.2, 0) is 33.6 Å². The summed E-state index contributed by atoms with van der Waals surface area (Å²) in [7, 11) is 0. The molecule has 4 unspecified atom stereocenters. The van der Waals surface area contributed by atoms with Crippen LogP contribution in [0.2, 0.25) is 0 Å². The SMILES string of the molecule is NC(=O)CCC(N)C(=O)NC(CO)C(=O)NC(CC(=O)O)C(=O)NC(CC(=O)O)C(=O)O. The van der Waals surface area contributed by atoms with Crippen LogP contribution in [0.3, 0.4) is 0 Å². The van der Waals surface area contributed by atoms with Crippen molar-refractivity contribution in [1.29, 1.82) is 0 Å². The van der Waals surface area contributed by atoms with Crippen LogP contribution in [0.1, 0.15) is 25.7 Å². The second-order valence-electron chi connectivity index (χ2n) is 6.51. The maximum Gasteiger partial charge on any atom is 0.326 e. The second-order valence-corrected chi connectivity index (χ2v) is 6.51. The monoisotopic (exact) mass is 463 g/mol. The highest BCUT2D eigenvalue weighted by atomic mass is 16.4. The molecular weight excluding hydrogens is 438 g/mol. The van der Waals surface area contributed by atoms with Crippen molar-refractivity contribution in [3.05, 3.63) is 0 Å². The number of rotatable bonds is 15. The summed E-state index contributed by atoms with van der Waals surface area (Å²) in [6, 6.07) is -6.73. The van der Waals surface area contributed by atoms with Gasteiger partial charge in [-0.2, -0.15) is 0 Å². The molecule has 0 aliphatic carbocycles. The predicted octanol–water partition coefficient (Wildman–Crippen LogP) is -4.94. The normalized spacial score (nSPS) is 14.2. The number of aliphatic hydroxyl groups excluding tert-OH is 1. The van der Waals surface area contributed by atoms with Crippen LogP contribution in [-0.4, -0.2) is 92.7 Å². The van der Waals surface area contributed by atoms with Crippen molar-refractivity contribution in [2.45, 2.75) is 49.9 Å². The van der Waals surface area contributed by atoms with Gasteiger partial charge in [-0.25, -0.2) is 4.79 Å². The summed E-state index contributed by atoms with van der Waals surface area (Å²) in [4.78, 5) is 80.1. The number of aliphatic carboxylic acids is 3. The highest BCUT2D eigenvalue weighted by Crippen LogP contribution is 2.00. The summed E-state index contributed by atoms with van der Waals surface area (Å²) >= 11 is 0. The molecule has 0 saturated carbocycles. The van der Waals surface area contributed by atoms with Crippen molar-refractivity contribution in [3.63, 3.8) is 0 Å². The summed E-state index contributed by atoms with van der Waals surface area (Å²) in [6.45, 7) is -0.988. The standard InChI is InChI=1S/C16H25N5O11/c17-6(1-2-10(18)23)13(28)21-9(5-22)15(30)19-7(3-11(24)25)14(29)20-8(16(31)32)4-12(26)27/h6-9,22H,1-5,17H2,(H2,18,23)(H,19,30)(H,20,29)(H,21,28)(H,24,25)(H,26,27)(H,31,32). The number of carbonyl (C=O) groups is 7. The van der Waals surface area contributed by atoms with Crippen LogP contribution in [0.25, 0.3) is 0 Å². The van der Waals surface area contributed by atoms with Gasteiger partial charge in [0, 0.05) is 6.42 Å².